The molecule has 4 nitrogen and oxygen atoms in total. The quantitative estimate of drug-likeness (QED) is 0.850. The number of hydrogen-bond donors (Lipinski definition) is 1. The maximum Gasteiger partial charge on any atom is 0.314 e. The molecule has 2 aliphatic rings. The lowest BCUT2D eigenvalue weighted by molar-refractivity contribution is -0.157. The molecular formula is C17H20N2O2. The van der Waals surface area contributed by atoms with Crippen LogP contribution in [0, 0.1) is 5.41 Å². The van der Waals surface area contributed by atoms with E-state index in [0.29, 0.717) is 13.0 Å². The highest BCUT2D eigenvalue weighted by molar-refractivity contribution is 5.81. The molecule has 0 aromatic heterocycles. The number of aliphatic imine (C=N–C) groups is 1. The Hall–Kier alpha value is -2.10. The molecule has 0 saturated heterocycles. The van der Waals surface area contributed by atoms with Gasteiger partial charge in [-0.2, -0.15) is 0 Å². The molecule has 4 heteroatoms. The van der Waals surface area contributed by atoms with Crippen molar-refractivity contribution < 1.29 is 9.53 Å². The number of carbonyl (C=O) groups is 1. The highest BCUT2D eigenvalue weighted by Gasteiger charge is 2.49. The van der Waals surface area contributed by atoms with Gasteiger partial charge in [0.15, 0.2) is 0 Å². The van der Waals surface area contributed by atoms with Gasteiger partial charge < -0.3 is 10.1 Å². The van der Waals surface area contributed by atoms with Crippen LogP contribution in [0.5, 0.6) is 0 Å². The van der Waals surface area contributed by atoms with Crippen LogP contribution in [-0.4, -0.2) is 18.8 Å². The Morgan fingerprint density at radius 2 is 2.19 bits per heavy atom. The van der Waals surface area contributed by atoms with Crippen LogP contribution in [0.1, 0.15) is 43.4 Å². The van der Waals surface area contributed by atoms with Crippen molar-refractivity contribution >= 4 is 12.2 Å². The van der Waals surface area contributed by atoms with Crippen LogP contribution in [0.15, 0.2) is 41.7 Å². The molecule has 1 heterocycles. The monoisotopic (exact) mass is 284 g/mol. The summed E-state index contributed by atoms with van der Waals surface area (Å²) in [6.07, 6.45) is 6.17. The first-order valence-corrected chi connectivity index (χ1v) is 7.37. The number of carbonyl (C=O) groups excluding carboxylic acids is 1. The Morgan fingerprint density at radius 3 is 2.95 bits per heavy atom. The molecule has 1 N–H and O–H groups in total. The van der Waals surface area contributed by atoms with E-state index in [1.165, 1.54) is 5.56 Å². The molecule has 0 fully saturated rings. The van der Waals surface area contributed by atoms with Gasteiger partial charge in [0.05, 0.1) is 18.1 Å². The molecule has 0 spiro atoms. The van der Waals surface area contributed by atoms with E-state index in [4.69, 9.17) is 4.74 Å². The van der Waals surface area contributed by atoms with Crippen molar-refractivity contribution in [2.75, 3.05) is 6.61 Å². The lowest BCUT2D eigenvalue weighted by Gasteiger charge is -2.42. The summed E-state index contributed by atoms with van der Waals surface area (Å²) in [5.41, 5.74) is 1.79. The van der Waals surface area contributed by atoms with Crippen LogP contribution < -0.4 is 5.32 Å². The molecule has 3 unspecified atom stereocenters. The van der Waals surface area contributed by atoms with E-state index >= 15 is 0 Å². The summed E-state index contributed by atoms with van der Waals surface area (Å²) in [6, 6.07) is 8.16. The fourth-order valence-corrected chi connectivity index (χ4v) is 3.38. The fraction of sp³-hybridized carbons (Fsp3) is 0.412. The molecule has 0 saturated carbocycles. The van der Waals surface area contributed by atoms with Gasteiger partial charge in [-0.15, -0.1) is 0 Å². The number of ether oxygens (including phenoxy) is 1. The zero-order chi connectivity index (χ0) is 14.9. The van der Waals surface area contributed by atoms with Crippen LogP contribution in [0.3, 0.4) is 0 Å². The zero-order valence-corrected chi connectivity index (χ0v) is 12.4. The van der Waals surface area contributed by atoms with Gasteiger partial charge in [-0.25, -0.2) is 0 Å². The zero-order valence-electron chi connectivity index (χ0n) is 12.4. The number of rotatable bonds is 2. The summed E-state index contributed by atoms with van der Waals surface area (Å²) < 4.78 is 5.34. The Bertz CT molecular complexity index is 609. The minimum Gasteiger partial charge on any atom is -0.466 e. The second kappa shape index (κ2) is 5.35. The van der Waals surface area contributed by atoms with Crippen LogP contribution in [-0.2, 0) is 9.53 Å². The van der Waals surface area contributed by atoms with Gasteiger partial charge in [0.1, 0.15) is 0 Å². The Morgan fingerprint density at radius 1 is 1.43 bits per heavy atom. The average Bonchev–Trinajstić information content (AvgIpc) is 2.63. The number of nitrogens with one attached hydrogen (secondary N) is 1. The van der Waals surface area contributed by atoms with E-state index in [9.17, 15) is 4.79 Å². The molecule has 1 aromatic carbocycles. The van der Waals surface area contributed by atoms with Gasteiger partial charge in [0, 0.05) is 24.5 Å². The van der Waals surface area contributed by atoms with Gasteiger partial charge in [0.2, 0.25) is 0 Å². The number of fused-ring (bicyclic) bond motifs is 6. The summed E-state index contributed by atoms with van der Waals surface area (Å²) in [6.45, 7) is 4.23. The molecule has 2 bridgehead atoms. The van der Waals surface area contributed by atoms with E-state index in [2.05, 4.69) is 22.4 Å². The first-order chi connectivity index (χ1) is 10.2. The summed E-state index contributed by atoms with van der Waals surface area (Å²) in [7, 11) is 0. The van der Waals surface area contributed by atoms with E-state index in [1.807, 2.05) is 38.4 Å². The predicted octanol–water partition coefficient (Wildman–Crippen LogP) is 2.93. The molecule has 110 valence electrons. The number of hydrogen-bond acceptors (Lipinski definition) is 4. The number of nitrogens with zero attached hydrogens (tertiary/aromatic N) is 1. The lowest BCUT2D eigenvalue weighted by Crippen LogP contribution is -2.45. The van der Waals surface area contributed by atoms with Gasteiger partial charge in [0.25, 0.3) is 0 Å². The largest absolute Gasteiger partial charge is 0.466 e. The Kier molecular flexibility index (Phi) is 3.53. The van der Waals surface area contributed by atoms with E-state index in [1.54, 1.807) is 6.20 Å². The third kappa shape index (κ3) is 2.24. The van der Waals surface area contributed by atoms with Crippen LogP contribution >= 0.6 is 0 Å². The minimum atomic E-state index is -0.601. The fourth-order valence-electron chi connectivity index (χ4n) is 3.38. The van der Waals surface area contributed by atoms with Crippen LogP contribution in [0.4, 0.5) is 0 Å². The van der Waals surface area contributed by atoms with Crippen molar-refractivity contribution in [2.45, 2.75) is 32.2 Å². The molecule has 21 heavy (non-hydrogen) atoms. The third-order valence-corrected chi connectivity index (χ3v) is 4.42. The number of benzene rings is 1. The van der Waals surface area contributed by atoms with Crippen molar-refractivity contribution in [3.63, 3.8) is 0 Å². The highest BCUT2D eigenvalue weighted by Crippen LogP contribution is 2.49. The normalized spacial score (nSPS) is 31.3. The third-order valence-electron chi connectivity index (χ3n) is 4.42. The average molecular weight is 284 g/mol. The first-order valence-electron chi connectivity index (χ1n) is 7.37. The standard InChI is InChI=1S/C17H20N2O2/c1-3-21-16(20)17(2)10-12-11-18-8-9-19-15(17)14-7-5-4-6-13(12)14/h4-9,11-12,15,19H,3,10H2,1-2H3/b9-8-,18-11?. The Balaban J connectivity index is 2.13. The van der Waals surface area contributed by atoms with Crippen LogP contribution in [0.2, 0.25) is 0 Å². The topological polar surface area (TPSA) is 50.7 Å². The van der Waals surface area contributed by atoms with Crippen molar-refractivity contribution in [3.8, 4) is 0 Å². The van der Waals surface area contributed by atoms with Gasteiger partial charge in [-0.05, 0) is 31.4 Å². The lowest BCUT2D eigenvalue weighted by atomic mass is 9.65. The number of esters is 1. The van der Waals surface area contributed by atoms with E-state index in [-0.39, 0.29) is 17.9 Å². The smallest absolute Gasteiger partial charge is 0.314 e. The van der Waals surface area contributed by atoms with Crippen LogP contribution in [0.25, 0.3) is 0 Å². The molecular weight excluding hydrogens is 264 g/mol. The predicted molar refractivity (Wildman–Crippen MR) is 82.0 cm³/mol. The molecule has 3 rings (SSSR count). The van der Waals surface area contributed by atoms with E-state index < -0.39 is 5.41 Å². The molecule has 1 aliphatic heterocycles. The second-order valence-corrected chi connectivity index (χ2v) is 5.79. The summed E-state index contributed by atoms with van der Waals surface area (Å²) in [5, 5.41) is 3.34. The Labute approximate surface area is 124 Å². The SMILES string of the molecule is CCOC(=O)C1(C)CC2C=N/C=C\NC1c1ccccc12. The van der Waals surface area contributed by atoms with Crippen molar-refractivity contribution in [1.82, 2.24) is 5.32 Å². The molecule has 0 radical (unpaired) electrons. The summed E-state index contributed by atoms with van der Waals surface area (Å²) in [5.74, 6) is -0.0119. The van der Waals surface area contributed by atoms with Crippen molar-refractivity contribution in [3.05, 3.63) is 47.8 Å². The van der Waals surface area contributed by atoms with E-state index in [0.717, 1.165) is 5.56 Å². The summed E-state index contributed by atoms with van der Waals surface area (Å²) >= 11 is 0. The maximum atomic E-state index is 12.6. The molecule has 1 aliphatic carbocycles. The minimum absolute atomic E-state index is 0.0954. The molecule has 0 amide bonds. The highest BCUT2D eigenvalue weighted by atomic mass is 16.5. The van der Waals surface area contributed by atoms with Crippen molar-refractivity contribution in [2.24, 2.45) is 10.4 Å². The molecule has 1 aromatic rings. The second-order valence-electron chi connectivity index (χ2n) is 5.79. The van der Waals surface area contributed by atoms with Gasteiger partial charge >= 0.3 is 5.97 Å². The first kappa shape index (κ1) is 13.9. The van der Waals surface area contributed by atoms with Crippen molar-refractivity contribution in [1.29, 1.82) is 0 Å². The summed E-state index contributed by atoms with van der Waals surface area (Å²) in [4.78, 5) is 16.9. The molecule has 3 atom stereocenters. The van der Waals surface area contributed by atoms with Gasteiger partial charge in [-0.1, -0.05) is 24.3 Å². The van der Waals surface area contributed by atoms with Gasteiger partial charge in [-0.3, -0.25) is 9.79 Å². The maximum absolute atomic E-state index is 12.6.